The molecule has 1 aromatic carbocycles. The Morgan fingerprint density at radius 3 is 3.07 bits per heavy atom. The van der Waals surface area contributed by atoms with Crippen molar-refractivity contribution in [2.75, 3.05) is 19.7 Å². The zero-order valence-corrected chi connectivity index (χ0v) is 16.2. The van der Waals surface area contributed by atoms with Crippen molar-refractivity contribution in [2.45, 2.75) is 19.0 Å². The molecule has 2 aromatic heterocycles. The number of amides is 1. The first-order chi connectivity index (χ1) is 14.7. The van der Waals surface area contributed by atoms with Crippen molar-refractivity contribution in [3.05, 3.63) is 70.2 Å². The first-order valence-corrected chi connectivity index (χ1v) is 9.85. The van der Waals surface area contributed by atoms with E-state index >= 15 is 0 Å². The van der Waals surface area contributed by atoms with E-state index in [0.717, 1.165) is 12.0 Å². The standard InChI is InChI=1S/C21H20N6O3/c28-18-10-16(15-4-6-23-12-24-15)25-20-17(11-22-7-8-27(18)20)26-21(29)14-3-1-2-13-5-9-30-19(13)14/h1-4,6,10,12,17,22H,5,7-9,11H2,(H,26,29). The van der Waals surface area contributed by atoms with E-state index in [1.54, 1.807) is 22.9 Å². The largest absolute Gasteiger partial charge is 0.492 e. The van der Waals surface area contributed by atoms with Crippen LogP contribution in [0.2, 0.25) is 0 Å². The number of nitrogens with one attached hydrogen (secondary N) is 2. The Bertz CT molecular complexity index is 1160. The molecule has 0 fully saturated rings. The Hall–Kier alpha value is -3.59. The van der Waals surface area contributed by atoms with Crippen LogP contribution in [0.1, 0.15) is 27.8 Å². The van der Waals surface area contributed by atoms with Gasteiger partial charge in [0.2, 0.25) is 0 Å². The number of fused-ring (bicyclic) bond motifs is 2. The third-order valence-electron chi connectivity index (χ3n) is 5.32. The molecule has 3 aromatic rings. The molecule has 9 nitrogen and oxygen atoms in total. The lowest BCUT2D eigenvalue weighted by molar-refractivity contribution is 0.0931. The van der Waals surface area contributed by atoms with Crippen LogP contribution in [0.15, 0.2) is 47.7 Å². The molecule has 0 radical (unpaired) electrons. The summed E-state index contributed by atoms with van der Waals surface area (Å²) < 4.78 is 7.27. The van der Waals surface area contributed by atoms with Gasteiger partial charge in [-0.1, -0.05) is 12.1 Å². The van der Waals surface area contributed by atoms with Crippen LogP contribution in [-0.2, 0) is 13.0 Å². The number of hydrogen-bond donors (Lipinski definition) is 2. The molecule has 0 spiro atoms. The molecule has 1 atom stereocenters. The van der Waals surface area contributed by atoms with Crippen LogP contribution in [-0.4, -0.2) is 45.1 Å². The van der Waals surface area contributed by atoms with Crippen molar-refractivity contribution in [1.82, 2.24) is 30.2 Å². The fraction of sp³-hybridized carbons (Fsp3) is 0.286. The molecule has 2 aliphatic heterocycles. The van der Waals surface area contributed by atoms with Gasteiger partial charge < -0.3 is 15.4 Å². The van der Waals surface area contributed by atoms with Crippen LogP contribution in [0.3, 0.4) is 0 Å². The minimum atomic E-state index is -0.480. The van der Waals surface area contributed by atoms with Crippen LogP contribution in [0.5, 0.6) is 5.75 Å². The second-order valence-corrected chi connectivity index (χ2v) is 7.21. The molecule has 1 unspecified atom stereocenters. The van der Waals surface area contributed by atoms with Crippen molar-refractivity contribution in [2.24, 2.45) is 0 Å². The molecule has 0 aliphatic carbocycles. The smallest absolute Gasteiger partial charge is 0.255 e. The number of benzene rings is 1. The maximum absolute atomic E-state index is 13.1. The van der Waals surface area contributed by atoms with Gasteiger partial charge in [-0.25, -0.2) is 15.0 Å². The molecule has 0 saturated heterocycles. The van der Waals surface area contributed by atoms with Gasteiger partial charge in [-0.3, -0.25) is 14.2 Å². The quantitative estimate of drug-likeness (QED) is 0.661. The van der Waals surface area contributed by atoms with Gasteiger partial charge >= 0.3 is 0 Å². The molecule has 30 heavy (non-hydrogen) atoms. The van der Waals surface area contributed by atoms with E-state index in [9.17, 15) is 9.59 Å². The van der Waals surface area contributed by atoms with Gasteiger partial charge in [0.1, 0.15) is 17.9 Å². The van der Waals surface area contributed by atoms with Crippen molar-refractivity contribution < 1.29 is 9.53 Å². The van der Waals surface area contributed by atoms with Crippen LogP contribution < -0.4 is 20.9 Å². The lowest BCUT2D eigenvalue weighted by Gasteiger charge is -2.20. The maximum Gasteiger partial charge on any atom is 0.255 e. The molecule has 1 amide bonds. The number of aromatic nitrogens is 4. The molecule has 2 aliphatic rings. The van der Waals surface area contributed by atoms with Crippen molar-refractivity contribution >= 4 is 5.91 Å². The number of ether oxygens (including phenoxy) is 1. The summed E-state index contributed by atoms with van der Waals surface area (Å²) in [4.78, 5) is 38.7. The second kappa shape index (κ2) is 7.68. The average Bonchev–Trinajstić information content (AvgIpc) is 3.17. The number of hydrogen-bond acceptors (Lipinski definition) is 7. The van der Waals surface area contributed by atoms with Crippen LogP contribution >= 0.6 is 0 Å². The zero-order valence-electron chi connectivity index (χ0n) is 16.2. The van der Waals surface area contributed by atoms with Gasteiger partial charge in [0.25, 0.3) is 11.5 Å². The van der Waals surface area contributed by atoms with Gasteiger partial charge in [0, 0.05) is 38.3 Å². The molecular weight excluding hydrogens is 384 g/mol. The highest BCUT2D eigenvalue weighted by Crippen LogP contribution is 2.29. The number of nitrogens with zero attached hydrogens (tertiary/aromatic N) is 4. The Morgan fingerprint density at radius 2 is 2.20 bits per heavy atom. The van der Waals surface area contributed by atoms with E-state index in [1.165, 1.54) is 12.4 Å². The normalized spacial score (nSPS) is 17.4. The highest BCUT2D eigenvalue weighted by Gasteiger charge is 2.27. The molecule has 4 heterocycles. The van der Waals surface area contributed by atoms with E-state index < -0.39 is 6.04 Å². The Kier molecular flexibility index (Phi) is 4.72. The first kappa shape index (κ1) is 18.4. The van der Waals surface area contributed by atoms with Crippen molar-refractivity contribution in [3.8, 4) is 17.1 Å². The Balaban J connectivity index is 1.52. The van der Waals surface area contributed by atoms with E-state index in [1.807, 2.05) is 12.1 Å². The minimum absolute atomic E-state index is 0.180. The molecule has 5 rings (SSSR count). The van der Waals surface area contributed by atoms with Gasteiger partial charge in [0.05, 0.1) is 29.6 Å². The van der Waals surface area contributed by atoms with E-state index in [-0.39, 0.29) is 11.5 Å². The van der Waals surface area contributed by atoms with Gasteiger partial charge in [-0.2, -0.15) is 0 Å². The fourth-order valence-electron chi connectivity index (χ4n) is 3.86. The molecule has 2 N–H and O–H groups in total. The predicted octanol–water partition coefficient (Wildman–Crippen LogP) is 0.709. The van der Waals surface area contributed by atoms with Gasteiger partial charge in [-0.05, 0) is 17.7 Å². The number of carbonyl (C=O) groups excluding carboxylic acids is 1. The minimum Gasteiger partial charge on any atom is -0.492 e. The fourth-order valence-corrected chi connectivity index (χ4v) is 3.86. The van der Waals surface area contributed by atoms with Crippen molar-refractivity contribution in [3.63, 3.8) is 0 Å². The Morgan fingerprint density at radius 1 is 1.27 bits per heavy atom. The number of rotatable bonds is 3. The highest BCUT2D eigenvalue weighted by atomic mass is 16.5. The van der Waals surface area contributed by atoms with Crippen molar-refractivity contribution in [1.29, 1.82) is 0 Å². The van der Waals surface area contributed by atoms with Crippen LogP contribution in [0.25, 0.3) is 11.4 Å². The SMILES string of the molecule is O=C(NC1CNCCn2c1nc(-c1ccncn1)cc2=O)c1cccc2c1OCC2. The number of para-hydroxylation sites is 1. The number of carbonyl (C=O) groups is 1. The molecular formula is C21H20N6O3. The molecule has 0 saturated carbocycles. The lowest BCUT2D eigenvalue weighted by Crippen LogP contribution is -2.37. The molecule has 0 bridgehead atoms. The van der Waals surface area contributed by atoms with E-state index in [2.05, 4.69) is 20.6 Å². The van der Waals surface area contributed by atoms with Gasteiger partial charge in [0.15, 0.2) is 0 Å². The topological polar surface area (TPSA) is 111 Å². The summed E-state index contributed by atoms with van der Waals surface area (Å²) in [6.45, 7) is 2.12. The van der Waals surface area contributed by atoms with Gasteiger partial charge in [-0.15, -0.1) is 0 Å². The first-order valence-electron chi connectivity index (χ1n) is 9.85. The average molecular weight is 404 g/mol. The third kappa shape index (κ3) is 3.33. The summed E-state index contributed by atoms with van der Waals surface area (Å²) in [5.41, 5.74) is 2.36. The summed E-state index contributed by atoms with van der Waals surface area (Å²) in [5.74, 6) is 0.885. The maximum atomic E-state index is 13.1. The predicted molar refractivity (Wildman–Crippen MR) is 108 cm³/mol. The van der Waals surface area contributed by atoms with Crippen LogP contribution in [0, 0.1) is 0 Å². The van der Waals surface area contributed by atoms with Crippen LogP contribution in [0.4, 0.5) is 0 Å². The Labute approximate surface area is 172 Å². The molecule has 9 heteroatoms. The summed E-state index contributed by atoms with van der Waals surface area (Å²) in [6.07, 6.45) is 3.81. The lowest BCUT2D eigenvalue weighted by atomic mass is 10.1. The summed E-state index contributed by atoms with van der Waals surface area (Å²) >= 11 is 0. The summed E-state index contributed by atoms with van der Waals surface area (Å²) in [6, 6.07) is 8.27. The second-order valence-electron chi connectivity index (χ2n) is 7.21. The van der Waals surface area contributed by atoms with E-state index in [4.69, 9.17) is 9.72 Å². The highest BCUT2D eigenvalue weighted by molar-refractivity contribution is 5.97. The molecule has 152 valence electrons. The third-order valence-corrected chi connectivity index (χ3v) is 5.32. The summed E-state index contributed by atoms with van der Waals surface area (Å²) in [5, 5.41) is 6.30. The van der Waals surface area contributed by atoms with E-state index in [0.29, 0.717) is 54.8 Å². The monoisotopic (exact) mass is 404 g/mol. The summed E-state index contributed by atoms with van der Waals surface area (Å²) in [7, 11) is 0. The zero-order chi connectivity index (χ0) is 20.5.